The zero-order valence-electron chi connectivity index (χ0n) is 16.0. The van der Waals surface area contributed by atoms with Gasteiger partial charge >= 0.3 is 0 Å². The first-order valence-electron chi connectivity index (χ1n) is 10.5. The zero-order chi connectivity index (χ0) is 18.6. The van der Waals surface area contributed by atoms with Crippen molar-refractivity contribution in [2.45, 2.75) is 51.0 Å². The van der Waals surface area contributed by atoms with E-state index in [-0.39, 0.29) is 23.7 Å². The van der Waals surface area contributed by atoms with Gasteiger partial charge < -0.3 is 15.5 Å². The van der Waals surface area contributed by atoms with Crippen LogP contribution in [0.2, 0.25) is 0 Å². The summed E-state index contributed by atoms with van der Waals surface area (Å²) in [7, 11) is 0. The minimum Gasteiger partial charge on any atom is -0.356 e. The van der Waals surface area contributed by atoms with E-state index in [9.17, 15) is 9.59 Å². The number of amides is 2. The molecule has 7 nitrogen and oxygen atoms in total. The Morgan fingerprint density at radius 3 is 2.74 bits per heavy atom. The van der Waals surface area contributed by atoms with Crippen LogP contribution in [-0.4, -0.2) is 59.2 Å². The number of carbonyl (C=O) groups excluding carboxylic acids is 2. The smallest absolute Gasteiger partial charge is 0.226 e. The Hall–Kier alpha value is -1.89. The van der Waals surface area contributed by atoms with Gasteiger partial charge in [-0.25, -0.2) is 0 Å². The summed E-state index contributed by atoms with van der Waals surface area (Å²) in [5.41, 5.74) is 1.33. The van der Waals surface area contributed by atoms with Crippen molar-refractivity contribution in [2.24, 2.45) is 11.8 Å². The number of likely N-dealkylation sites (tertiary alicyclic amines) is 1. The van der Waals surface area contributed by atoms with Gasteiger partial charge in [-0.15, -0.1) is 0 Å². The summed E-state index contributed by atoms with van der Waals surface area (Å²) >= 11 is 0. The summed E-state index contributed by atoms with van der Waals surface area (Å²) in [6, 6.07) is 2.11. The van der Waals surface area contributed by atoms with Crippen molar-refractivity contribution in [2.75, 3.05) is 32.7 Å². The molecule has 7 heteroatoms. The second-order valence-electron chi connectivity index (χ2n) is 8.22. The van der Waals surface area contributed by atoms with E-state index < -0.39 is 0 Å². The highest BCUT2D eigenvalue weighted by Crippen LogP contribution is 2.39. The lowest BCUT2D eigenvalue weighted by Gasteiger charge is -2.31. The molecule has 1 aromatic heterocycles. The summed E-state index contributed by atoms with van der Waals surface area (Å²) in [4.78, 5) is 27.1. The molecule has 2 N–H and O–H groups in total. The normalized spacial score (nSPS) is 25.6. The molecule has 0 unspecified atom stereocenters. The molecule has 2 amide bonds. The molecule has 1 aromatic rings. The number of nitrogens with zero attached hydrogens (tertiary/aromatic N) is 3. The molecule has 27 heavy (non-hydrogen) atoms. The van der Waals surface area contributed by atoms with Crippen LogP contribution in [0.3, 0.4) is 0 Å². The van der Waals surface area contributed by atoms with Gasteiger partial charge in [-0.05, 0) is 44.6 Å². The largest absolute Gasteiger partial charge is 0.356 e. The van der Waals surface area contributed by atoms with Crippen LogP contribution in [0.25, 0.3) is 0 Å². The van der Waals surface area contributed by atoms with Gasteiger partial charge in [-0.1, -0.05) is 0 Å². The van der Waals surface area contributed by atoms with Crippen LogP contribution >= 0.6 is 0 Å². The minimum atomic E-state index is -0.109. The first kappa shape index (κ1) is 18.5. The summed E-state index contributed by atoms with van der Waals surface area (Å²) < 4.78 is 2.08. The predicted molar refractivity (Wildman–Crippen MR) is 102 cm³/mol. The van der Waals surface area contributed by atoms with Gasteiger partial charge in [-0.2, -0.15) is 5.10 Å². The fraction of sp³-hybridized carbons (Fsp3) is 0.750. The lowest BCUT2D eigenvalue weighted by molar-refractivity contribution is -0.136. The summed E-state index contributed by atoms with van der Waals surface area (Å²) in [5, 5.41) is 10.8. The summed E-state index contributed by atoms with van der Waals surface area (Å²) in [5.74, 6) is 0.827. The maximum atomic E-state index is 12.6. The lowest BCUT2D eigenvalue weighted by atomic mass is 9.89. The van der Waals surface area contributed by atoms with Crippen LogP contribution in [0.5, 0.6) is 0 Å². The van der Waals surface area contributed by atoms with Crippen LogP contribution in [0.1, 0.15) is 50.1 Å². The van der Waals surface area contributed by atoms with Crippen LogP contribution in [0.15, 0.2) is 12.3 Å². The van der Waals surface area contributed by atoms with E-state index in [0.717, 1.165) is 38.9 Å². The van der Waals surface area contributed by atoms with Gasteiger partial charge in [-0.3, -0.25) is 14.3 Å². The quantitative estimate of drug-likeness (QED) is 0.702. The molecule has 2 atom stereocenters. The van der Waals surface area contributed by atoms with Gasteiger partial charge in [0.05, 0.1) is 11.8 Å². The monoisotopic (exact) mass is 373 g/mol. The Morgan fingerprint density at radius 2 is 1.96 bits per heavy atom. The Bertz CT molecular complexity index is 663. The second kappa shape index (κ2) is 8.42. The summed E-state index contributed by atoms with van der Waals surface area (Å²) in [6.07, 6.45) is 8.17. The molecule has 1 saturated carbocycles. The highest BCUT2D eigenvalue weighted by atomic mass is 16.2. The number of aromatic nitrogens is 2. The van der Waals surface area contributed by atoms with E-state index in [2.05, 4.69) is 26.5 Å². The third kappa shape index (κ3) is 4.51. The minimum absolute atomic E-state index is 0.0576. The number of hydrogen-bond acceptors (Lipinski definition) is 4. The van der Waals surface area contributed by atoms with E-state index in [4.69, 9.17) is 0 Å². The van der Waals surface area contributed by atoms with Crippen molar-refractivity contribution in [3.63, 3.8) is 0 Å². The number of carbonyl (C=O) groups is 2. The molecule has 0 bridgehead atoms. The molecule has 1 aliphatic carbocycles. The topological polar surface area (TPSA) is 79.3 Å². The van der Waals surface area contributed by atoms with Crippen molar-refractivity contribution >= 4 is 11.8 Å². The number of hydrogen-bond donors (Lipinski definition) is 2. The van der Waals surface area contributed by atoms with E-state index in [1.54, 1.807) is 0 Å². The average Bonchev–Trinajstić information content (AvgIpc) is 3.20. The van der Waals surface area contributed by atoms with Gasteiger partial charge in [0.25, 0.3) is 0 Å². The molecule has 0 spiro atoms. The van der Waals surface area contributed by atoms with E-state index in [1.807, 2.05) is 11.1 Å². The highest BCUT2D eigenvalue weighted by Gasteiger charge is 2.34. The molecule has 0 aromatic carbocycles. The second-order valence-corrected chi connectivity index (χ2v) is 8.22. The van der Waals surface area contributed by atoms with Gasteiger partial charge in [0.1, 0.15) is 0 Å². The number of rotatable bonds is 7. The van der Waals surface area contributed by atoms with Crippen molar-refractivity contribution in [3.8, 4) is 0 Å². The number of aryl methyl sites for hydroxylation is 1. The molecule has 148 valence electrons. The molecule has 3 fully saturated rings. The van der Waals surface area contributed by atoms with Crippen LogP contribution in [-0.2, 0) is 16.1 Å². The maximum absolute atomic E-state index is 12.6. The van der Waals surface area contributed by atoms with E-state index in [1.165, 1.54) is 18.5 Å². The Kier molecular flexibility index (Phi) is 5.76. The van der Waals surface area contributed by atoms with Crippen LogP contribution in [0, 0.1) is 11.8 Å². The maximum Gasteiger partial charge on any atom is 0.226 e. The fourth-order valence-electron chi connectivity index (χ4n) is 4.37. The van der Waals surface area contributed by atoms with Crippen LogP contribution in [0.4, 0.5) is 0 Å². The van der Waals surface area contributed by atoms with Gasteiger partial charge in [0, 0.05) is 57.1 Å². The molecule has 2 aliphatic heterocycles. The molecule has 4 rings (SSSR count). The van der Waals surface area contributed by atoms with Crippen molar-refractivity contribution in [1.82, 2.24) is 25.3 Å². The number of nitrogens with one attached hydrogen (secondary N) is 2. The Labute approximate surface area is 160 Å². The molecule has 2 saturated heterocycles. The third-order valence-corrected chi connectivity index (χ3v) is 6.08. The summed E-state index contributed by atoms with van der Waals surface area (Å²) in [6.45, 7) is 4.62. The molecular formula is C20H31N5O2. The lowest BCUT2D eigenvalue weighted by Crippen LogP contribution is -2.49. The molecule has 3 heterocycles. The zero-order valence-corrected chi connectivity index (χ0v) is 16.0. The van der Waals surface area contributed by atoms with Crippen molar-refractivity contribution < 1.29 is 9.59 Å². The van der Waals surface area contributed by atoms with Crippen LogP contribution < -0.4 is 10.6 Å². The molecular weight excluding hydrogens is 342 g/mol. The van der Waals surface area contributed by atoms with E-state index in [0.29, 0.717) is 32.0 Å². The highest BCUT2D eigenvalue weighted by molar-refractivity contribution is 5.83. The average molecular weight is 374 g/mol. The SMILES string of the molecule is O=C(NCCCn1nccc1C1CC1)[C@H]1CNC[C@@H](C(=O)N2CCCC2)C1. The first-order valence-corrected chi connectivity index (χ1v) is 10.5. The van der Waals surface area contributed by atoms with E-state index >= 15 is 0 Å². The number of piperidine rings is 1. The van der Waals surface area contributed by atoms with Crippen molar-refractivity contribution in [3.05, 3.63) is 18.0 Å². The molecule has 0 radical (unpaired) electrons. The molecule has 3 aliphatic rings. The first-order chi connectivity index (χ1) is 13.2. The Morgan fingerprint density at radius 1 is 1.19 bits per heavy atom. The fourth-order valence-corrected chi connectivity index (χ4v) is 4.37. The van der Waals surface area contributed by atoms with Gasteiger partial charge in [0.15, 0.2) is 0 Å². The van der Waals surface area contributed by atoms with Gasteiger partial charge in [0.2, 0.25) is 11.8 Å². The standard InChI is InChI=1S/C20H31N5O2/c26-19(22-7-3-11-25-18(6-8-23-25)15-4-5-15)16-12-17(14-21-13-16)20(27)24-9-1-2-10-24/h6,8,15-17,21H,1-5,7,9-14H2,(H,22,26)/t16-,17+/m1/s1. The van der Waals surface area contributed by atoms with Crippen molar-refractivity contribution in [1.29, 1.82) is 0 Å². The third-order valence-electron chi connectivity index (χ3n) is 6.08. The Balaban J connectivity index is 1.19. The predicted octanol–water partition coefficient (Wildman–Crippen LogP) is 1.11.